The number of rotatable bonds is 5. The zero-order valence-corrected chi connectivity index (χ0v) is 12.2. The van der Waals surface area contributed by atoms with E-state index in [4.69, 9.17) is 4.74 Å². The molecule has 3 nitrogen and oxygen atoms in total. The van der Waals surface area contributed by atoms with Crippen LogP contribution in [-0.2, 0) is 6.54 Å². The Kier molecular flexibility index (Phi) is 5.03. The molecule has 2 rings (SSSR count). The molecule has 1 fully saturated rings. The molecule has 0 spiro atoms. The van der Waals surface area contributed by atoms with E-state index in [0.29, 0.717) is 0 Å². The maximum atomic E-state index is 9.76. The number of ether oxygens (including phenoxy) is 1. The molecule has 1 aliphatic carbocycles. The minimum atomic E-state index is -0.321. The van der Waals surface area contributed by atoms with Gasteiger partial charge in [-0.15, -0.1) is 0 Å². The van der Waals surface area contributed by atoms with Gasteiger partial charge in [-0.05, 0) is 59.4 Å². The fraction of sp³-hybridized carbons (Fsp3) is 0.571. The van der Waals surface area contributed by atoms with Crippen LogP contribution in [0.25, 0.3) is 0 Å². The summed E-state index contributed by atoms with van der Waals surface area (Å²) in [5.41, 5.74) is 1.23. The van der Waals surface area contributed by atoms with Gasteiger partial charge in [0.05, 0.1) is 10.6 Å². The number of nitrogens with one attached hydrogen (secondary N) is 1. The second-order valence-electron chi connectivity index (χ2n) is 4.70. The molecule has 0 aliphatic heterocycles. The Morgan fingerprint density at radius 2 is 2.28 bits per heavy atom. The normalized spacial score (nSPS) is 23.3. The molecule has 0 amide bonds. The molecule has 0 bridgehead atoms. The lowest BCUT2D eigenvalue weighted by Crippen LogP contribution is -2.25. The Morgan fingerprint density at radius 3 is 2.89 bits per heavy atom. The standard InChI is InChI=1S/C14H20BrNO2/c1-2-16-9-10-6-7-13(11(15)8-10)18-14-5-3-4-12(14)17/h6-8,12,14,16-17H,2-5,9H2,1H3. The molecule has 1 aliphatic rings. The van der Waals surface area contributed by atoms with Crippen LogP contribution in [0.5, 0.6) is 5.75 Å². The molecule has 4 heteroatoms. The minimum absolute atomic E-state index is 0.0547. The van der Waals surface area contributed by atoms with Crippen molar-refractivity contribution in [1.29, 1.82) is 0 Å². The number of aliphatic hydroxyl groups is 1. The van der Waals surface area contributed by atoms with Crippen LogP contribution < -0.4 is 10.1 Å². The van der Waals surface area contributed by atoms with Gasteiger partial charge in [-0.25, -0.2) is 0 Å². The molecule has 2 atom stereocenters. The van der Waals surface area contributed by atoms with Gasteiger partial charge in [0.1, 0.15) is 11.9 Å². The first kappa shape index (κ1) is 13.8. The number of aliphatic hydroxyl groups excluding tert-OH is 1. The Hall–Kier alpha value is -0.580. The fourth-order valence-electron chi connectivity index (χ4n) is 2.23. The summed E-state index contributed by atoms with van der Waals surface area (Å²) in [5, 5.41) is 13.1. The summed E-state index contributed by atoms with van der Waals surface area (Å²) in [6.07, 6.45) is 2.45. The van der Waals surface area contributed by atoms with Crippen LogP contribution in [0.4, 0.5) is 0 Å². The lowest BCUT2D eigenvalue weighted by Gasteiger charge is -2.18. The SMILES string of the molecule is CCNCc1ccc(OC2CCCC2O)c(Br)c1. The van der Waals surface area contributed by atoms with E-state index in [1.54, 1.807) is 0 Å². The van der Waals surface area contributed by atoms with E-state index in [-0.39, 0.29) is 12.2 Å². The van der Waals surface area contributed by atoms with Crippen molar-refractivity contribution in [1.82, 2.24) is 5.32 Å². The van der Waals surface area contributed by atoms with Gasteiger partial charge in [-0.3, -0.25) is 0 Å². The molecular formula is C14H20BrNO2. The minimum Gasteiger partial charge on any atom is -0.487 e. The third-order valence-corrected chi connectivity index (χ3v) is 3.89. The predicted molar refractivity (Wildman–Crippen MR) is 75.8 cm³/mol. The van der Waals surface area contributed by atoms with Crippen molar-refractivity contribution in [3.63, 3.8) is 0 Å². The predicted octanol–water partition coefficient (Wildman–Crippen LogP) is 2.85. The van der Waals surface area contributed by atoms with Gasteiger partial charge in [-0.1, -0.05) is 13.0 Å². The van der Waals surface area contributed by atoms with E-state index in [1.807, 2.05) is 6.07 Å². The molecule has 0 saturated heterocycles. The molecule has 1 aromatic carbocycles. The lowest BCUT2D eigenvalue weighted by molar-refractivity contribution is 0.0599. The van der Waals surface area contributed by atoms with E-state index in [0.717, 1.165) is 42.6 Å². The van der Waals surface area contributed by atoms with Crippen molar-refractivity contribution >= 4 is 15.9 Å². The number of hydrogen-bond donors (Lipinski definition) is 2. The number of halogens is 1. The van der Waals surface area contributed by atoms with Gasteiger partial charge >= 0.3 is 0 Å². The zero-order valence-electron chi connectivity index (χ0n) is 10.7. The maximum absolute atomic E-state index is 9.76. The van der Waals surface area contributed by atoms with Crippen LogP contribution in [0.3, 0.4) is 0 Å². The van der Waals surface area contributed by atoms with Crippen LogP contribution in [0.1, 0.15) is 31.7 Å². The monoisotopic (exact) mass is 313 g/mol. The van der Waals surface area contributed by atoms with Gasteiger partial charge in [-0.2, -0.15) is 0 Å². The molecule has 0 radical (unpaired) electrons. The molecule has 0 heterocycles. The van der Waals surface area contributed by atoms with Gasteiger partial charge in [0.2, 0.25) is 0 Å². The molecular weight excluding hydrogens is 294 g/mol. The first-order valence-corrected chi connectivity index (χ1v) is 7.34. The summed E-state index contributed by atoms with van der Waals surface area (Å²) in [6.45, 7) is 3.92. The Bertz CT molecular complexity index is 397. The maximum Gasteiger partial charge on any atom is 0.134 e. The van der Waals surface area contributed by atoms with Crippen LogP contribution in [0.2, 0.25) is 0 Å². The summed E-state index contributed by atoms with van der Waals surface area (Å²) >= 11 is 3.53. The Morgan fingerprint density at radius 1 is 1.44 bits per heavy atom. The van der Waals surface area contributed by atoms with Gasteiger partial charge in [0.15, 0.2) is 0 Å². The van der Waals surface area contributed by atoms with Gasteiger partial charge in [0, 0.05) is 6.54 Å². The van der Waals surface area contributed by atoms with E-state index >= 15 is 0 Å². The van der Waals surface area contributed by atoms with Crippen LogP contribution >= 0.6 is 15.9 Å². The van der Waals surface area contributed by atoms with Gasteiger partial charge in [0.25, 0.3) is 0 Å². The van der Waals surface area contributed by atoms with Crippen molar-refractivity contribution in [2.45, 2.75) is 44.9 Å². The van der Waals surface area contributed by atoms with Crippen molar-refractivity contribution in [3.05, 3.63) is 28.2 Å². The Labute approximate surface area is 117 Å². The lowest BCUT2D eigenvalue weighted by atomic mass is 10.2. The smallest absolute Gasteiger partial charge is 0.134 e. The third-order valence-electron chi connectivity index (χ3n) is 3.27. The van der Waals surface area contributed by atoms with Crippen LogP contribution in [0.15, 0.2) is 22.7 Å². The summed E-state index contributed by atoms with van der Waals surface area (Å²) in [5.74, 6) is 0.821. The highest BCUT2D eigenvalue weighted by molar-refractivity contribution is 9.10. The molecule has 18 heavy (non-hydrogen) atoms. The molecule has 2 unspecified atom stereocenters. The van der Waals surface area contributed by atoms with Crippen LogP contribution in [0, 0.1) is 0 Å². The average molecular weight is 314 g/mol. The highest BCUT2D eigenvalue weighted by atomic mass is 79.9. The third kappa shape index (κ3) is 3.46. The Balaban J connectivity index is 2.00. The fourth-order valence-corrected chi connectivity index (χ4v) is 2.75. The molecule has 2 N–H and O–H groups in total. The topological polar surface area (TPSA) is 41.5 Å². The number of hydrogen-bond acceptors (Lipinski definition) is 3. The molecule has 1 aromatic rings. The first-order chi connectivity index (χ1) is 8.70. The molecule has 0 aromatic heterocycles. The highest BCUT2D eigenvalue weighted by Crippen LogP contribution is 2.30. The quantitative estimate of drug-likeness (QED) is 0.878. The largest absolute Gasteiger partial charge is 0.487 e. The first-order valence-electron chi connectivity index (χ1n) is 6.54. The van der Waals surface area contributed by atoms with Crippen LogP contribution in [-0.4, -0.2) is 23.9 Å². The second kappa shape index (κ2) is 6.55. The molecule has 100 valence electrons. The molecule has 1 saturated carbocycles. The summed E-state index contributed by atoms with van der Waals surface area (Å²) in [7, 11) is 0. The van der Waals surface area contributed by atoms with Crippen molar-refractivity contribution in [3.8, 4) is 5.75 Å². The zero-order chi connectivity index (χ0) is 13.0. The summed E-state index contributed by atoms with van der Waals surface area (Å²) < 4.78 is 6.82. The van der Waals surface area contributed by atoms with E-state index < -0.39 is 0 Å². The van der Waals surface area contributed by atoms with Crippen molar-refractivity contribution in [2.75, 3.05) is 6.54 Å². The number of benzene rings is 1. The van der Waals surface area contributed by atoms with E-state index in [9.17, 15) is 5.11 Å². The summed E-state index contributed by atoms with van der Waals surface area (Å²) in [4.78, 5) is 0. The van der Waals surface area contributed by atoms with Gasteiger partial charge < -0.3 is 15.2 Å². The highest BCUT2D eigenvalue weighted by Gasteiger charge is 2.27. The average Bonchev–Trinajstić information content (AvgIpc) is 2.75. The van der Waals surface area contributed by atoms with Crippen molar-refractivity contribution in [2.24, 2.45) is 0 Å². The van der Waals surface area contributed by atoms with E-state index in [1.165, 1.54) is 5.56 Å². The van der Waals surface area contributed by atoms with Crippen molar-refractivity contribution < 1.29 is 9.84 Å². The summed E-state index contributed by atoms with van der Waals surface area (Å²) in [6, 6.07) is 6.10. The van der Waals surface area contributed by atoms with E-state index in [2.05, 4.69) is 40.3 Å². The second-order valence-corrected chi connectivity index (χ2v) is 5.55.